The number of aromatic nitrogens is 1. The number of benzene rings is 1. The average Bonchev–Trinajstić information content (AvgIpc) is 3.06. The van der Waals surface area contributed by atoms with Gasteiger partial charge in [0, 0.05) is 16.6 Å². The lowest BCUT2D eigenvalue weighted by Crippen LogP contribution is -2.19. The second-order valence-electron chi connectivity index (χ2n) is 4.54. The standard InChI is InChI=1S/C15H12N2O3S/c18-14(19)9-17-6-1-2-12(17)15(20)16-11-3-4-13-10(8-11)5-7-21-13/h1-8H,9H2,(H,16,20)(H,18,19). The van der Waals surface area contributed by atoms with Crippen molar-refractivity contribution in [1.29, 1.82) is 0 Å². The lowest BCUT2D eigenvalue weighted by atomic mass is 10.2. The second-order valence-corrected chi connectivity index (χ2v) is 5.49. The van der Waals surface area contributed by atoms with Crippen molar-refractivity contribution in [2.75, 3.05) is 5.32 Å². The summed E-state index contributed by atoms with van der Waals surface area (Å²) in [7, 11) is 0. The Morgan fingerprint density at radius 1 is 1.24 bits per heavy atom. The molecule has 3 rings (SSSR count). The zero-order chi connectivity index (χ0) is 14.8. The molecule has 0 atom stereocenters. The molecule has 0 bridgehead atoms. The Hall–Kier alpha value is -2.60. The fraction of sp³-hybridized carbons (Fsp3) is 0.0667. The Kier molecular flexibility index (Phi) is 3.45. The van der Waals surface area contributed by atoms with Crippen LogP contribution in [0.2, 0.25) is 0 Å². The molecule has 1 aromatic carbocycles. The number of nitrogens with one attached hydrogen (secondary N) is 1. The Morgan fingerprint density at radius 3 is 2.90 bits per heavy atom. The van der Waals surface area contributed by atoms with Gasteiger partial charge in [0.05, 0.1) is 0 Å². The first-order valence-corrected chi connectivity index (χ1v) is 7.17. The summed E-state index contributed by atoms with van der Waals surface area (Å²) < 4.78 is 2.56. The number of rotatable bonds is 4. The third kappa shape index (κ3) is 2.80. The van der Waals surface area contributed by atoms with E-state index in [0.29, 0.717) is 11.4 Å². The Balaban J connectivity index is 1.82. The highest BCUT2D eigenvalue weighted by molar-refractivity contribution is 7.17. The molecule has 0 aliphatic rings. The number of carbonyl (C=O) groups excluding carboxylic acids is 1. The van der Waals surface area contributed by atoms with Crippen LogP contribution in [0.4, 0.5) is 5.69 Å². The number of anilines is 1. The van der Waals surface area contributed by atoms with E-state index in [1.165, 1.54) is 4.57 Å². The Morgan fingerprint density at radius 2 is 2.10 bits per heavy atom. The Labute approximate surface area is 124 Å². The van der Waals surface area contributed by atoms with E-state index in [9.17, 15) is 9.59 Å². The first kappa shape index (κ1) is 13.4. The lowest BCUT2D eigenvalue weighted by molar-refractivity contribution is -0.137. The smallest absolute Gasteiger partial charge is 0.323 e. The first-order chi connectivity index (χ1) is 10.1. The van der Waals surface area contributed by atoms with Crippen molar-refractivity contribution in [2.45, 2.75) is 6.54 Å². The molecule has 1 amide bonds. The number of carboxylic acids is 1. The zero-order valence-corrected chi connectivity index (χ0v) is 11.8. The molecule has 0 fully saturated rings. The summed E-state index contributed by atoms with van der Waals surface area (Å²) in [5.74, 6) is -1.31. The zero-order valence-electron chi connectivity index (χ0n) is 10.9. The maximum absolute atomic E-state index is 12.2. The summed E-state index contributed by atoms with van der Waals surface area (Å²) in [5, 5.41) is 14.7. The molecule has 0 aliphatic heterocycles. The van der Waals surface area contributed by atoms with Gasteiger partial charge in [0.2, 0.25) is 0 Å². The molecule has 106 valence electrons. The van der Waals surface area contributed by atoms with Crippen molar-refractivity contribution in [3.8, 4) is 0 Å². The van der Waals surface area contributed by atoms with Crippen molar-refractivity contribution in [3.63, 3.8) is 0 Å². The number of hydrogen-bond acceptors (Lipinski definition) is 3. The van der Waals surface area contributed by atoms with E-state index in [1.54, 1.807) is 29.7 Å². The fourth-order valence-corrected chi connectivity index (χ4v) is 2.91. The average molecular weight is 300 g/mol. The minimum absolute atomic E-state index is 0.237. The highest BCUT2D eigenvalue weighted by Gasteiger charge is 2.13. The molecule has 21 heavy (non-hydrogen) atoms. The molecule has 2 heterocycles. The molecule has 5 nitrogen and oxygen atoms in total. The van der Waals surface area contributed by atoms with Gasteiger partial charge in [-0.3, -0.25) is 9.59 Å². The van der Waals surface area contributed by atoms with Crippen LogP contribution in [0.1, 0.15) is 10.5 Å². The number of thiophene rings is 1. The predicted octanol–water partition coefficient (Wildman–Crippen LogP) is 3.04. The van der Waals surface area contributed by atoms with E-state index in [0.717, 1.165) is 10.1 Å². The topological polar surface area (TPSA) is 71.3 Å². The summed E-state index contributed by atoms with van der Waals surface area (Å²) in [6, 6.07) is 10.9. The van der Waals surface area contributed by atoms with E-state index in [1.807, 2.05) is 29.6 Å². The van der Waals surface area contributed by atoms with Gasteiger partial charge in [-0.1, -0.05) is 0 Å². The van der Waals surface area contributed by atoms with Crippen LogP contribution < -0.4 is 5.32 Å². The van der Waals surface area contributed by atoms with Crippen LogP contribution >= 0.6 is 11.3 Å². The number of carboxylic acid groups (broad SMARTS) is 1. The van der Waals surface area contributed by atoms with Gasteiger partial charge in [-0.05, 0) is 47.2 Å². The van der Waals surface area contributed by atoms with Crippen LogP contribution in [-0.2, 0) is 11.3 Å². The second kappa shape index (κ2) is 5.41. The van der Waals surface area contributed by atoms with Gasteiger partial charge in [0.15, 0.2) is 0 Å². The minimum atomic E-state index is -0.986. The maximum Gasteiger partial charge on any atom is 0.323 e. The summed E-state index contributed by atoms with van der Waals surface area (Å²) in [6.07, 6.45) is 1.57. The number of carbonyl (C=O) groups is 2. The first-order valence-electron chi connectivity index (χ1n) is 6.29. The van der Waals surface area contributed by atoms with Gasteiger partial charge in [0.1, 0.15) is 12.2 Å². The molecular formula is C15H12N2O3S. The van der Waals surface area contributed by atoms with Gasteiger partial charge < -0.3 is 15.0 Å². The van der Waals surface area contributed by atoms with Crippen LogP contribution in [0.5, 0.6) is 0 Å². The van der Waals surface area contributed by atoms with Gasteiger partial charge >= 0.3 is 5.97 Å². The van der Waals surface area contributed by atoms with Crippen LogP contribution in [-0.4, -0.2) is 21.6 Å². The molecular weight excluding hydrogens is 288 g/mol. The van der Waals surface area contributed by atoms with E-state index in [-0.39, 0.29) is 12.5 Å². The third-order valence-corrected chi connectivity index (χ3v) is 3.98. The molecule has 0 radical (unpaired) electrons. The molecule has 6 heteroatoms. The molecule has 2 N–H and O–H groups in total. The van der Waals surface area contributed by atoms with Gasteiger partial charge in [-0.25, -0.2) is 0 Å². The molecule has 2 aromatic heterocycles. The summed E-state index contributed by atoms with van der Waals surface area (Å²) in [4.78, 5) is 23.0. The van der Waals surface area contributed by atoms with Crippen LogP contribution in [0.25, 0.3) is 10.1 Å². The van der Waals surface area contributed by atoms with Crippen molar-refractivity contribution in [1.82, 2.24) is 4.57 Å². The predicted molar refractivity (Wildman–Crippen MR) is 81.8 cm³/mol. The molecule has 3 aromatic rings. The van der Waals surface area contributed by atoms with Crippen molar-refractivity contribution in [3.05, 3.63) is 53.7 Å². The molecule has 0 spiro atoms. The van der Waals surface area contributed by atoms with Crippen LogP contribution in [0.3, 0.4) is 0 Å². The normalized spacial score (nSPS) is 10.7. The van der Waals surface area contributed by atoms with E-state index < -0.39 is 5.97 Å². The van der Waals surface area contributed by atoms with Crippen molar-refractivity contribution < 1.29 is 14.7 Å². The third-order valence-electron chi connectivity index (χ3n) is 3.08. The maximum atomic E-state index is 12.2. The number of hydrogen-bond donors (Lipinski definition) is 2. The summed E-state index contributed by atoms with van der Waals surface area (Å²) >= 11 is 1.64. The fourth-order valence-electron chi connectivity index (χ4n) is 2.14. The highest BCUT2D eigenvalue weighted by Crippen LogP contribution is 2.24. The number of amides is 1. The molecule has 0 aliphatic carbocycles. The molecule has 0 saturated carbocycles. The summed E-state index contributed by atoms with van der Waals surface area (Å²) in [5.41, 5.74) is 1.01. The molecule has 0 saturated heterocycles. The lowest BCUT2D eigenvalue weighted by Gasteiger charge is -2.08. The number of aliphatic carboxylic acids is 1. The van der Waals surface area contributed by atoms with E-state index in [4.69, 9.17) is 5.11 Å². The number of fused-ring (bicyclic) bond motifs is 1. The monoisotopic (exact) mass is 300 g/mol. The van der Waals surface area contributed by atoms with Crippen molar-refractivity contribution >= 4 is 39.0 Å². The molecule has 0 unspecified atom stereocenters. The van der Waals surface area contributed by atoms with Gasteiger partial charge in [-0.2, -0.15) is 0 Å². The quantitative estimate of drug-likeness (QED) is 0.778. The van der Waals surface area contributed by atoms with E-state index in [2.05, 4.69) is 5.32 Å². The van der Waals surface area contributed by atoms with Crippen LogP contribution in [0.15, 0.2) is 48.0 Å². The van der Waals surface area contributed by atoms with Gasteiger partial charge in [-0.15, -0.1) is 11.3 Å². The SMILES string of the molecule is O=C(O)Cn1cccc1C(=O)Nc1ccc2sccc2c1. The Bertz CT molecular complexity index is 819. The largest absolute Gasteiger partial charge is 0.480 e. The van der Waals surface area contributed by atoms with Gasteiger partial charge in [0.25, 0.3) is 5.91 Å². The van der Waals surface area contributed by atoms with E-state index >= 15 is 0 Å². The van der Waals surface area contributed by atoms with Crippen LogP contribution in [0, 0.1) is 0 Å². The van der Waals surface area contributed by atoms with Crippen molar-refractivity contribution in [2.24, 2.45) is 0 Å². The minimum Gasteiger partial charge on any atom is -0.480 e. The highest BCUT2D eigenvalue weighted by atomic mass is 32.1. The summed E-state index contributed by atoms with van der Waals surface area (Å²) in [6.45, 7) is -0.237. The number of nitrogens with zero attached hydrogens (tertiary/aromatic N) is 1.